The Hall–Kier alpha value is -2.45. The molecule has 2 rings (SSSR count). The molecule has 1 unspecified atom stereocenters. The number of hydrogen-bond donors (Lipinski definition) is 2. The Morgan fingerprint density at radius 2 is 1.70 bits per heavy atom. The van der Waals surface area contributed by atoms with Crippen LogP contribution in [0.3, 0.4) is 0 Å². The van der Waals surface area contributed by atoms with Crippen LogP contribution in [0.25, 0.3) is 0 Å². The van der Waals surface area contributed by atoms with E-state index in [2.05, 4.69) is 20.3 Å². The lowest BCUT2D eigenvalue weighted by Crippen LogP contribution is -2.11. The van der Waals surface area contributed by atoms with Gasteiger partial charge in [-0.1, -0.05) is 20.3 Å². The molecule has 1 heterocycles. The van der Waals surface area contributed by atoms with Crippen molar-refractivity contribution in [2.75, 3.05) is 11.1 Å². The van der Waals surface area contributed by atoms with E-state index in [1.807, 2.05) is 13.8 Å². The van der Waals surface area contributed by atoms with Crippen molar-refractivity contribution >= 4 is 17.6 Å². The molecule has 1 aromatic heterocycles. The number of anilines is 3. The lowest BCUT2D eigenvalue weighted by Gasteiger charge is -2.12. The fourth-order valence-electron chi connectivity index (χ4n) is 2.04. The molecule has 1 aromatic carbocycles. The SMILES string of the molecule is CCCC(C)c1nc(N)nc(Nc2c(F)c(F)cc(F)c2F)n1. The fraction of sp³-hybridized carbons (Fsp3) is 0.357. The lowest BCUT2D eigenvalue weighted by molar-refractivity contribution is 0.459. The standard InChI is InChI=1S/C14H15F4N5/c1-3-4-6(2)12-21-13(19)23-14(22-12)20-11-9(17)7(15)5-8(16)10(11)18/h5-6H,3-4H2,1-2H3,(H3,19,20,21,22,23). The summed E-state index contributed by atoms with van der Waals surface area (Å²) in [5.41, 5.74) is 4.52. The summed E-state index contributed by atoms with van der Waals surface area (Å²) in [7, 11) is 0. The minimum absolute atomic E-state index is 0.0650. The Bertz CT molecular complexity index is 697. The highest BCUT2D eigenvalue weighted by Gasteiger charge is 2.21. The van der Waals surface area contributed by atoms with E-state index >= 15 is 0 Å². The van der Waals surface area contributed by atoms with Crippen molar-refractivity contribution in [3.63, 3.8) is 0 Å². The van der Waals surface area contributed by atoms with Crippen molar-refractivity contribution in [3.8, 4) is 0 Å². The van der Waals surface area contributed by atoms with Crippen LogP contribution in [0.5, 0.6) is 0 Å². The molecule has 5 nitrogen and oxygen atoms in total. The summed E-state index contributed by atoms with van der Waals surface area (Å²) in [6, 6.07) is 0.117. The summed E-state index contributed by atoms with van der Waals surface area (Å²) >= 11 is 0. The third-order valence-electron chi connectivity index (χ3n) is 3.18. The molecule has 3 N–H and O–H groups in total. The third kappa shape index (κ3) is 3.66. The van der Waals surface area contributed by atoms with E-state index < -0.39 is 29.0 Å². The second-order valence-electron chi connectivity index (χ2n) is 5.03. The zero-order valence-electron chi connectivity index (χ0n) is 12.5. The molecule has 2 aromatic rings. The molecule has 23 heavy (non-hydrogen) atoms. The smallest absolute Gasteiger partial charge is 0.232 e. The fourth-order valence-corrected chi connectivity index (χ4v) is 2.04. The van der Waals surface area contributed by atoms with Gasteiger partial charge < -0.3 is 11.1 Å². The van der Waals surface area contributed by atoms with Gasteiger partial charge in [0.2, 0.25) is 11.9 Å². The van der Waals surface area contributed by atoms with Crippen LogP contribution >= 0.6 is 0 Å². The first-order valence-corrected chi connectivity index (χ1v) is 6.94. The quantitative estimate of drug-likeness (QED) is 0.647. The van der Waals surface area contributed by atoms with Crippen LogP contribution in [0.4, 0.5) is 35.1 Å². The van der Waals surface area contributed by atoms with Crippen LogP contribution in [0.2, 0.25) is 0 Å². The zero-order valence-corrected chi connectivity index (χ0v) is 12.5. The molecule has 0 saturated heterocycles. The molecule has 1 atom stereocenters. The highest BCUT2D eigenvalue weighted by molar-refractivity contribution is 5.56. The van der Waals surface area contributed by atoms with Crippen LogP contribution in [-0.4, -0.2) is 15.0 Å². The lowest BCUT2D eigenvalue weighted by atomic mass is 10.1. The van der Waals surface area contributed by atoms with Crippen LogP contribution in [0.1, 0.15) is 38.4 Å². The minimum Gasteiger partial charge on any atom is -0.368 e. The molecule has 9 heteroatoms. The van der Waals surface area contributed by atoms with E-state index in [-0.39, 0.29) is 23.9 Å². The van der Waals surface area contributed by atoms with Crippen molar-refractivity contribution in [1.82, 2.24) is 15.0 Å². The van der Waals surface area contributed by atoms with E-state index in [4.69, 9.17) is 5.73 Å². The molecule has 0 aliphatic carbocycles. The first kappa shape index (κ1) is 16.9. The first-order chi connectivity index (χ1) is 10.8. The average Bonchev–Trinajstić information content (AvgIpc) is 2.49. The van der Waals surface area contributed by atoms with Gasteiger partial charge in [-0.15, -0.1) is 0 Å². The normalized spacial score (nSPS) is 12.3. The average molecular weight is 329 g/mol. The Morgan fingerprint density at radius 1 is 1.09 bits per heavy atom. The van der Waals surface area contributed by atoms with Crippen LogP contribution in [0, 0.1) is 23.3 Å². The van der Waals surface area contributed by atoms with Crippen molar-refractivity contribution in [2.45, 2.75) is 32.6 Å². The summed E-state index contributed by atoms with van der Waals surface area (Å²) < 4.78 is 53.7. The van der Waals surface area contributed by atoms with Gasteiger partial charge in [-0.3, -0.25) is 0 Å². The molecule has 0 fully saturated rings. The number of nitrogen functional groups attached to an aromatic ring is 1. The number of nitrogens with two attached hydrogens (primary N) is 1. The summed E-state index contributed by atoms with van der Waals surface area (Å²) in [6.07, 6.45) is 1.63. The molecule has 0 spiro atoms. The number of rotatable bonds is 5. The predicted molar refractivity (Wildman–Crippen MR) is 77.1 cm³/mol. The zero-order chi connectivity index (χ0) is 17.1. The van der Waals surface area contributed by atoms with Gasteiger partial charge in [-0.25, -0.2) is 17.6 Å². The molecular formula is C14H15F4N5. The third-order valence-corrected chi connectivity index (χ3v) is 3.18. The van der Waals surface area contributed by atoms with E-state index in [9.17, 15) is 17.6 Å². The molecule has 0 radical (unpaired) electrons. The maximum absolute atomic E-state index is 13.7. The molecule has 0 aliphatic heterocycles. The maximum atomic E-state index is 13.7. The van der Waals surface area contributed by atoms with Crippen molar-refractivity contribution in [3.05, 3.63) is 35.2 Å². The van der Waals surface area contributed by atoms with E-state index in [1.165, 1.54) is 0 Å². The Balaban J connectivity index is 2.41. The number of aromatic nitrogens is 3. The maximum Gasteiger partial charge on any atom is 0.232 e. The molecular weight excluding hydrogens is 314 g/mol. The minimum atomic E-state index is -1.58. The van der Waals surface area contributed by atoms with Crippen molar-refractivity contribution in [1.29, 1.82) is 0 Å². The highest BCUT2D eigenvalue weighted by Crippen LogP contribution is 2.27. The van der Waals surface area contributed by atoms with Crippen LogP contribution < -0.4 is 11.1 Å². The van der Waals surface area contributed by atoms with Crippen LogP contribution in [0.15, 0.2) is 6.07 Å². The van der Waals surface area contributed by atoms with Gasteiger partial charge >= 0.3 is 0 Å². The second-order valence-corrected chi connectivity index (χ2v) is 5.03. The molecule has 0 aliphatic rings. The van der Waals surface area contributed by atoms with Gasteiger partial charge in [0.1, 0.15) is 11.5 Å². The van der Waals surface area contributed by atoms with E-state index in [0.717, 1.165) is 12.8 Å². The Labute approximate surface area is 130 Å². The summed E-state index contributed by atoms with van der Waals surface area (Å²) in [4.78, 5) is 11.6. The predicted octanol–water partition coefficient (Wildman–Crippen LogP) is 3.66. The van der Waals surface area contributed by atoms with Crippen molar-refractivity contribution in [2.24, 2.45) is 0 Å². The van der Waals surface area contributed by atoms with Gasteiger partial charge in [-0.2, -0.15) is 15.0 Å². The van der Waals surface area contributed by atoms with Gasteiger partial charge in [0.25, 0.3) is 0 Å². The Morgan fingerprint density at radius 3 is 2.26 bits per heavy atom. The van der Waals surface area contributed by atoms with Gasteiger partial charge in [-0.05, 0) is 6.42 Å². The number of nitrogens with zero attached hydrogens (tertiary/aromatic N) is 3. The first-order valence-electron chi connectivity index (χ1n) is 6.94. The highest BCUT2D eigenvalue weighted by atomic mass is 19.2. The van der Waals surface area contributed by atoms with Gasteiger partial charge in [0.05, 0.1) is 0 Å². The van der Waals surface area contributed by atoms with Gasteiger partial charge in [0.15, 0.2) is 23.3 Å². The molecule has 0 saturated carbocycles. The molecule has 124 valence electrons. The topological polar surface area (TPSA) is 76.7 Å². The number of benzene rings is 1. The summed E-state index contributed by atoms with van der Waals surface area (Å²) in [6.45, 7) is 3.82. The summed E-state index contributed by atoms with van der Waals surface area (Å²) in [5, 5.41) is 2.13. The Kier molecular flexibility index (Phi) is 4.97. The van der Waals surface area contributed by atoms with E-state index in [1.54, 1.807) is 0 Å². The van der Waals surface area contributed by atoms with Gasteiger partial charge in [0, 0.05) is 12.0 Å². The molecule has 0 bridgehead atoms. The summed E-state index contributed by atoms with van der Waals surface area (Å²) in [5.74, 6) is -6.43. The van der Waals surface area contributed by atoms with Crippen molar-refractivity contribution < 1.29 is 17.6 Å². The largest absolute Gasteiger partial charge is 0.368 e. The van der Waals surface area contributed by atoms with E-state index in [0.29, 0.717) is 5.82 Å². The monoisotopic (exact) mass is 329 g/mol. The second kappa shape index (κ2) is 6.76. The number of hydrogen-bond acceptors (Lipinski definition) is 5. The molecule has 0 amide bonds. The number of halogens is 4. The number of nitrogens with one attached hydrogen (secondary N) is 1. The van der Waals surface area contributed by atoms with Crippen LogP contribution in [-0.2, 0) is 0 Å².